The highest BCUT2D eigenvalue weighted by atomic mass is 127. The quantitative estimate of drug-likeness (QED) is 0.198. The van der Waals surface area contributed by atoms with Crippen LogP contribution in [-0.2, 0) is 0 Å². The van der Waals surface area contributed by atoms with Crippen LogP contribution in [-0.4, -0.2) is 4.68 Å². The third kappa shape index (κ3) is 5.35. The number of nitrogens with zero attached hydrogens (tertiary/aromatic N) is 2. The van der Waals surface area contributed by atoms with Crippen molar-refractivity contribution in [2.45, 2.75) is 0 Å². The average molecular weight is 526 g/mol. The Morgan fingerprint density at radius 1 is 1.38 bits per heavy atom. The highest BCUT2D eigenvalue weighted by Gasteiger charge is 2.14. The maximum absolute atomic E-state index is 8.57. The third-order valence-corrected chi connectivity index (χ3v) is 4.04. The van der Waals surface area contributed by atoms with E-state index in [-0.39, 0.29) is 0 Å². The van der Waals surface area contributed by atoms with Gasteiger partial charge in [-0.2, -0.15) is 0 Å². The van der Waals surface area contributed by atoms with E-state index in [1.807, 2.05) is 0 Å². The molecular weight excluding hydrogens is 521 g/mol. The van der Waals surface area contributed by atoms with Gasteiger partial charge in [-0.05, 0) is 0 Å². The first kappa shape index (κ1) is 13.9. The summed E-state index contributed by atoms with van der Waals surface area (Å²) < 4.78 is 30.6. The SMILES string of the molecule is Nn1c[n+](N)c(I)c1I.[O-][I+2]([O-])[O-]. The Labute approximate surface area is 110 Å². The Bertz CT molecular complexity index is 252. The maximum Gasteiger partial charge on any atom is 0.292 e. The van der Waals surface area contributed by atoms with Crippen LogP contribution in [0.15, 0.2) is 6.33 Å². The molecule has 0 unspecified atom stereocenters. The second-order valence-corrected chi connectivity index (χ2v) is 4.82. The van der Waals surface area contributed by atoms with Gasteiger partial charge >= 0.3 is 0 Å². The number of imidazole rings is 1. The lowest BCUT2D eigenvalue weighted by molar-refractivity contribution is -1.73. The lowest BCUT2D eigenvalue weighted by Gasteiger charge is -1.84. The van der Waals surface area contributed by atoms with E-state index in [4.69, 9.17) is 22.0 Å². The minimum atomic E-state index is -4.01. The normalized spacial score (nSPS) is 9.69. The van der Waals surface area contributed by atoms with E-state index in [0.29, 0.717) is 0 Å². The van der Waals surface area contributed by atoms with Gasteiger partial charge < -0.3 is 10.3 Å². The second kappa shape index (κ2) is 6.38. The lowest BCUT2D eigenvalue weighted by atomic mass is 10.9. The van der Waals surface area contributed by atoms with Crippen molar-refractivity contribution in [2.75, 3.05) is 11.7 Å². The Balaban J connectivity index is 0.000000310. The summed E-state index contributed by atoms with van der Waals surface area (Å²) in [7, 11) is 0. The Morgan fingerprint density at radius 3 is 1.85 bits per heavy atom. The molecule has 0 atom stereocenters. The molecule has 0 aliphatic heterocycles. The van der Waals surface area contributed by atoms with E-state index in [1.165, 1.54) is 9.35 Å². The molecule has 1 rings (SSSR count). The summed E-state index contributed by atoms with van der Waals surface area (Å²) in [6, 6.07) is 0. The highest BCUT2D eigenvalue weighted by molar-refractivity contribution is 14.1. The van der Waals surface area contributed by atoms with E-state index in [2.05, 4.69) is 45.2 Å². The number of rotatable bonds is 0. The van der Waals surface area contributed by atoms with E-state index >= 15 is 0 Å². The first-order chi connectivity index (χ1) is 5.86. The molecule has 0 fully saturated rings. The zero-order valence-corrected chi connectivity index (χ0v) is 12.5. The predicted molar refractivity (Wildman–Crippen MR) is 50.4 cm³/mol. The summed E-state index contributed by atoms with van der Waals surface area (Å²) >= 11 is 0.225. The summed E-state index contributed by atoms with van der Waals surface area (Å²) in [5, 5.41) is 0. The minimum absolute atomic E-state index is 0.940. The predicted octanol–water partition coefficient (Wildman–Crippen LogP) is -7.15. The topological polar surface area (TPSA) is 130 Å². The van der Waals surface area contributed by atoms with E-state index in [9.17, 15) is 0 Å². The smallest absolute Gasteiger partial charge is 0.292 e. The molecule has 0 saturated heterocycles. The van der Waals surface area contributed by atoms with Crippen molar-refractivity contribution < 1.29 is 36.0 Å². The summed E-state index contributed by atoms with van der Waals surface area (Å²) in [5.41, 5.74) is 0. The molecule has 13 heavy (non-hydrogen) atoms. The number of hydrogen-bond acceptors (Lipinski definition) is 5. The van der Waals surface area contributed by atoms with Crippen molar-refractivity contribution in [3.8, 4) is 0 Å². The van der Waals surface area contributed by atoms with E-state index in [0.717, 1.165) is 7.40 Å². The van der Waals surface area contributed by atoms with Crippen molar-refractivity contribution in [3.63, 3.8) is 0 Å². The molecule has 4 N–H and O–H groups in total. The lowest BCUT2D eigenvalue weighted by Crippen LogP contribution is -4.05. The van der Waals surface area contributed by atoms with Crippen LogP contribution in [0.1, 0.15) is 0 Å². The highest BCUT2D eigenvalue weighted by Crippen LogP contribution is 2.07. The Morgan fingerprint density at radius 2 is 1.77 bits per heavy atom. The molecular formula is C3H5I3N4O3. The zero-order valence-electron chi connectivity index (χ0n) is 5.99. The van der Waals surface area contributed by atoms with Crippen LogP contribution < -0.4 is 47.7 Å². The van der Waals surface area contributed by atoms with Crippen LogP contribution in [0.5, 0.6) is 0 Å². The Kier molecular flexibility index (Phi) is 6.81. The van der Waals surface area contributed by atoms with Gasteiger partial charge in [0.05, 0.1) is 0 Å². The largest absolute Gasteiger partial charge is 0.427 e. The van der Waals surface area contributed by atoms with E-state index < -0.39 is 21.1 Å². The van der Waals surface area contributed by atoms with Crippen molar-refractivity contribution in [1.82, 2.24) is 4.68 Å². The molecule has 76 valence electrons. The molecule has 0 aliphatic rings. The average Bonchev–Trinajstić information content (AvgIpc) is 2.17. The van der Waals surface area contributed by atoms with Crippen molar-refractivity contribution in [3.05, 3.63) is 13.7 Å². The summed E-state index contributed by atoms with van der Waals surface area (Å²) in [4.78, 5) is 0. The fraction of sp³-hybridized carbons (Fsp3) is 0. The van der Waals surface area contributed by atoms with Gasteiger partial charge in [-0.1, -0.05) is 0 Å². The van der Waals surface area contributed by atoms with Gasteiger partial charge in [0.2, 0.25) is 7.40 Å². The number of hydrogen-bond donors (Lipinski definition) is 2. The van der Waals surface area contributed by atoms with Gasteiger partial charge in [0.25, 0.3) is 27.4 Å². The summed E-state index contributed by atoms with van der Waals surface area (Å²) in [6.07, 6.45) is 1.61. The van der Waals surface area contributed by atoms with Crippen LogP contribution in [0, 0.1) is 7.40 Å². The van der Waals surface area contributed by atoms with Gasteiger partial charge in [-0.15, -0.1) is 9.35 Å². The number of nitrogen functional groups attached to an aromatic ring is 2. The molecule has 0 aliphatic carbocycles. The van der Waals surface area contributed by atoms with Gasteiger partial charge in [-0.3, -0.25) is 11.7 Å². The number of nitrogens with two attached hydrogens (primary N) is 2. The van der Waals surface area contributed by atoms with Crippen LogP contribution in [0.4, 0.5) is 0 Å². The van der Waals surface area contributed by atoms with Crippen LogP contribution in [0.25, 0.3) is 0 Å². The molecule has 0 saturated carbocycles. The number of halogens is 3. The van der Waals surface area contributed by atoms with Crippen molar-refractivity contribution in [2.24, 2.45) is 0 Å². The molecule has 0 bridgehead atoms. The molecule has 1 aromatic heterocycles. The fourth-order valence-electron chi connectivity index (χ4n) is 0.448. The monoisotopic (exact) mass is 526 g/mol. The van der Waals surface area contributed by atoms with Gasteiger partial charge in [0, 0.05) is 45.2 Å². The summed E-state index contributed by atoms with van der Waals surface area (Å²) in [5.74, 6) is 10.9. The zero-order chi connectivity index (χ0) is 10.6. The number of aromatic nitrogens is 2. The first-order valence-electron chi connectivity index (χ1n) is 2.57. The first-order valence-corrected chi connectivity index (χ1v) is 7.37. The molecule has 1 heterocycles. The second-order valence-electron chi connectivity index (χ2n) is 1.70. The van der Waals surface area contributed by atoms with E-state index in [1.54, 1.807) is 6.33 Å². The third-order valence-electron chi connectivity index (χ3n) is 0.872. The molecule has 0 amide bonds. The van der Waals surface area contributed by atoms with Crippen LogP contribution in [0.3, 0.4) is 0 Å². The molecule has 7 nitrogen and oxygen atoms in total. The van der Waals surface area contributed by atoms with Crippen molar-refractivity contribution >= 4 is 45.2 Å². The molecule has 10 heteroatoms. The molecule has 0 radical (unpaired) electrons. The van der Waals surface area contributed by atoms with Gasteiger partial charge in [0.15, 0.2) is 0 Å². The van der Waals surface area contributed by atoms with Crippen LogP contribution in [0.2, 0.25) is 0 Å². The fourth-order valence-corrected chi connectivity index (χ4v) is 1.25. The minimum Gasteiger partial charge on any atom is -0.427 e. The summed E-state index contributed by atoms with van der Waals surface area (Å²) in [6.45, 7) is 0. The maximum atomic E-state index is 8.57. The van der Waals surface area contributed by atoms with Crippen molar-refractivity contribution in [1.29, 1.82) is 0 Å². The van der Waals surface area contributed by atoms with Gasteiger partial charge in [-0.25, -0.2) is 0 Å². The molecule has 0 spiro atoms. The van der Waals surface area contributed by atoms with Crippen LogP contribution >= 0.6 is 45.2 Å². The standard InChI is InChI=1S/C3H5I2N4.IO3/c4-2-3(5)9(7)1-8(2)6;2-1(3)4/h1H,6-7H2;/q+1;-1. The van der Waals surface area contributed by atoms with Gasteiger partial charge in [0.1, 0.15) is 0 Å². The molecule has 0 aromatic carbocycles. The molecule has 1 aromatic rings. The Hall–Kier alpha value is 0.880.